The van der Waals surface area contributed by atoms with E-state index in [2.05, 4.69) is 21.3 Å². The van der Waals surface area contributed by atoms with Crippen LogP contribution in [0.5, 0.6) is 0 Å². The van der Waals surface area contributed by atoms with E-state index in [1.807, 2.05) is 24.3 Å². The number of aliphatic hydroxyl groups is 1. The fourth-order valence-corrected chi connectivity index (χ4v) is 4.26. The van der Waals surface area contributed by atoms with Crippen molar-refractivity contribution < 1.29 is 24.3 Å². The number of nitrogens with one attached hydrogen (secondary N) is 4. The summed E-state index contributed by atoms with van der Waals surface area (Å²) in [6.45, 7) is 8.60. The predicted molar refractivity (Wildman–Crippen MR) is 133 cm³/mol. The number of carbonyl (C=O) groups is 4. The first-order valence-electron chi connectivity index (χ1n) is 12.1. The molecule has 0 saturated heterocycles. The van der Waals surface area contributed by atoms with Crippen LogP contribution in [0.4, 0.5) is 5.69 Å². The van der Waals surface area contributed by atoms with Crippen LogP contribution in [-0.4, -0.2) is 60.0 Å². The van der Waals surface area contributed by atoms with Crippen LogP contribution < -0.4 is 27.0 Å². The van der Waals surface area contributed by atoms with Gasteiger partial charge in [0.15, 0.2) is 5.78 Å². The maximum atomic E-state index is 13.2. The molecule has 1 aromatic carbocycles. The molecule has 0 fully saturated rings. The van der Waals surface area contributed by atoms with Crippen molar-refractivity contribution in [3.8, 4) is 0 Å². The number of ketones is 1. The highest BCUT2D eigenvalue weighted by atomic mass is 16.3. The molecule has 5 atom stereocenters. The van der Waals surface area contributed by atoms with Gasteiger partial charge in [-0.25, -0.2) is 0 Å². The maximum absolute atomic E-state index is 13.2. The number of Topliss-reactive ketones (excluding diaryl/α,β-unsaturated/α-hetero) is 1. The molecule has 1 aliphatic heterocycles. The van der Waals surface area contributed by atoms with Gasteiger partial charge in [0.25, 0.3) is 0 Å². The van der Waals surface area contributed by atoms with Gasteiger partial charge in [-0.1, -0.05) is 45.9 Å². The zero-order valence-corrected chi connectivity index (χ0v) is 21.1. The van der Waals surface area contributed by atoms with Gasteiger partial charge in [0, 0.05) is 18.2 Å². The lowest BCUT2D eigenvalue weighted by atomic mass is 9.90. The summed E-state index contributed by atoms with van der Waals surface area (Å²) in [6, 6.07) is 6.16. The summed E-state index contributed by atoms with van der Waals surface area (Å²) < 4.78 is 0. The average Bonchev–Trinajstić information content (AvgIpc) is 3.19. The third-order valence-electron chi connectivity index (χ3n) is 6.27. The smallest absolute Gasteiger partial charge is 0.244 e. The molecule has 35 heavy (non-hydrogen) atoms. The fraction of sp³-hybridized carbons (Fsp3) is 0.600. The molecule has 10 nitrogen and oxygen atoms in total. The quantitative estimate of drug-likeness (QED) is 0.184. The van der Waals surface area contributed by atoms with Crippen molar-refractivity contribution in [1.29, 1.82) is 0 Å². The van der Waals surface area contributed by atoms with E-state index in [4.69, 9.17) is 10.8 Å². The second-order valence-corrected chi connectivity index (χ2v) is 9.82. The molecule has 3 amide bonds. The summed E-state index contributed by atoms with van der Waals surface area (Å²) in [6.07, 6.45) is -0.551. The number of hydrogen-bond acceptors (Lipinski definition) is 7. The van der Waals surface area contributed by atoms with E-state index in [9.17, 15) is 19.2 Å². The Bertz CT molecular complexity index is 919. The van der Waals surface area contributed by atoms with Crippen LogP contribution in [0, 0.1) is 17.8 Å². The monoisotopic (exact) mass is 489 g/mol. The molecule has 1 aromatic rings. The van der Waals surface area contributed by atoms with E-state index in [1.165, 1.54) is 6.92 Å². The van der Waals surface area contributed by atoms with Gasteiger partial charge in [0.1, 0.15) is 18.1 Å². The lowest BCUT2D eigenvalue weighted by Gasteiger charge is -2.28. The van der Waals surface area contributed by atoms with Gasteiger partial charge in [-0.3, -0.25) is 19.2 Å². The lowest BCUT2D eigenvalue weighted by molar-refractivity contribution is -0.141. The van der Waals surface area contributed by atoms with E-state index in [0.717, 1.165) is 11.3 Å². The van der Waals surface area contributed by atoms with Gasteiger partial charge in [-0.05, 0) is 36.8 Å². The lowest BCUT2D eigenvalue weighted by Crippen LogP contribution is -2.57. The minimum Gasteiger partial charge on any atom is -0.393 e. The number of fused-ring (bicyclic) bond motifs is 1. The van der Waals surface area contributed by atoms with Gasteiger partial charge in [-0.2, -0.15) is 0 Å². The van der Waals surface area contributed by atoms with Gasteiger partial charge >= 0.3 is 0 Å². The van der Waals surface area contributed by atoms with Crippen LogP contribution >= 0.6 is 0 Å². The average molecular weight is 490 g/mol. The normalized spacial score (nSPS) is 18.1. The molecule has 194 valence electrons. The van der Waals surface area contributed by atoms with Crippen molar-refractivity contribution in [2.75, 3.05) is 18.5 Å². The van der Waals surface area contributed by atoms with Crippen molar-refractivity contribution in [1.82, 2.24) is 16.0 Å². The summed E-state index contributed by atoms with van der Waals surface area (Å²) in [7, 11) is 0. The zero-order chi connectivity index (χ0) is 26.3. The minimum absolute atomic E-state index is 0.0523. The highest BCUT2D eigenvalue weighted by molar-refractivity contribution is 6.03. The standard InChI is InChI=1S/C25H39N5O5/c1-13(2)21(24(34)30-22(14(3)4)25(35)29-20(26)12-31)23(33)28-19(15(5)32)10-16-11-27-18-9-7-6-8-17(16)18/h6-9,13-14,16,19-22,27,31H,10-12,26H2,1-5H3,(H,28,33)(H,29,35)(H,30,34). The Morgan fingerprint density at radius 3 is 2.20 bits per heavy atom. The number of para-hydroxylation sites is 1. The first kappa shape index (κ1) is 28.3. The molecule has 5 unspecified atom stereocenters. The van der Waals surface area contributed by atoms with Crippen molar-refractivity contribution >= 4 is 29.2 Å². The number of nitrogens with two attached hydrogens (primary N) is 1. The summed E-state index contributed by atoms with van der Waals surface area (Å²) in [5.41, 5.74) is 7.70. The number of aliphatic hydroxyl groups excluding tert-OH is 1. The number of rotatable bonds is 12. The van der Waals surface area contributed by atoms with E-state index >= 15 is 0 Å². The molecule has 0 spiro atoms. The largest absolute Gasteiger partial charge is 0.393 e. The van der Waals surface area contributed by atoms with E-state index in [1.54, 1.807) is 27.7 Å². The number of anilines is 1. The molecular weight excluding hydrogens is 450 g/mol. The molecule has 1 aliphatic rings. The Balaban J connectivity index is 2.12. The van der Waals surface area contributed by atoms with Gasteiger partial charge in [-0.15, -0.1) is 0 Å². The second kappa shape index (κ2) is 12.6. The van der Waals surface area contributed by atoms with E-state index in [-0.39, 0.29) is 23.5 Å². The van der Waals surface area contributed by atoms with Crippen LogP contribution in [-0.2, 0) is 19.2 Å². The molecule has 0 aliphatic carbocycles. The molecule has 0 saturated carbocycles. The predicted octanol–water partition coefficient (Wildman–Crippen LogP) is 0.466. The Morgan fingerprint density at radius 1 is 1.00 bits per heavy atom. The first-order valence-corrected chi connectivity index (χ1v) is 12.1. The van der Waals surface area contributed by atoms with E-state index < -0.39 is 48.5 Å². The molecule has 0 bridgehead atoms. The van der Waals surface area contributed by atoms with Crippen LogP contribution in [0.2, 0.25) is 0 Å². The Hall–Kier alpha value is -2.98. The molecule has 0 radical (unpaired) electrons. The van der Waals surface area contributed by atoms with Crippen molar-refractivity contribution in [3.05, 3.63) is 29.8 Å². The van der Waals surface area contributed by atoms with Crippen molar-refractivity contribution in [3.63, 3.8) is 0 Å². The van der Waals surface area contributed by atoms with Crippen LogP contribution in [0.15, 0.2) is 24.3 Å². The maximum Gasteiger partial charge on any atom is 0.244 e. The Labute approximate surface area is 206 Å². The number of hydrogen-bond donors (Lipinski definition) is 6. The van der Waals surface area contributed by atoms with Gasteiger partial charge in [0.05, 0.1) is 12.6 Å². The van der Waals surface area contributed by atoms with Crippen LogP contribution in [0.3, 0.4) is 0 Å². The summed E-state index contributed by atoms with van der Waals surface area (Å²) >= 11 is 0. The number of carbonyl (C=O) groups excluding carboxylic acids is 4. The van der Waals surface area contributed by atoms with Crippen molar-refractivity contribution in [2.45, 2.75) is 65.2 Å². The highest BCUT2D eigenvalue weighted by Gasteiger charge is 2.36. The Kier molecular flexibility index (Phi) is 10.2. The third kappa shape index (κ3) is 7.50. The van der Waals surface area contributed by atoms with Crippen molar-refractivity contribution in [2.24, 2.45) is 23.5 Å². The van der Waals surface area contributed by atoms with Crippen LogP contribution in [0.25, 0.3) is 0 Å². The van der Waals surface area contributed by atoms with Gasteiger partial charge in [0.2, 0.25) is 17.7 Å². The number of benzene rings is 1. The molecule has 0 aromatic heterocycles. The second-order valence-electron chi connectivity index (χ2n) is 9.82. The van der Waals surface area contributed by atoms with Crippen LogP contribution in [0.1, 0.15) is 52.5 Å². The SMILES string of the molecule is CC(=O)C(CC1CNc2ccccc21)NC(=O)C(C(=O)NC(C(=O)NC(N)CO)C(C)C)C(C)C. The molecule has 10 heteroatoms. The molecule has 7 N–H and O–H groups in total. The molecule has 2 rings (SSSR count). The van der Waals surface area contributed by atoms with E-state index in [0.29, 0.717) is 13.0 Å². The summed E-state index contributed by atoms with van der Waals surface area (Å²) in [4.78, 5) is 51.3. The first-order chi connectivity index (χ1) is 16.5. The van der Waals surface area contributed by atoms with Gasteiger partial charge < -0.3 is 32.1 Å². The third-order valence-corrected chi connectivity index (χ3v) is 6.27. The highest BCUT2D eigenvalue weighted by Crippen LogP contribution is 2.34. The summed E-state index contributed by atoms with van der Waals surface area (Å²) in [5.74, 6) is -3.64. The molecular formula is C25H39N5O5. The topological polar surface area (TPSA) is 163 Å². The Morgan fingerprint density at radius 2 is 1.63 bits per heavy atom. The summed E-state index contributed by atoms with van der Waals surface area (Å²) in [5, 5.41) is 20.3. The number of amides is 3. The minimum atomic E-state index is -1.11. The fourth-order valence-electron chi connectivity index (χ4n) is 4.26. The zero-order valence-electron chi connectivity index (χ0n) is 21.1. The molecule has 1 heterocycles.